The van der Waals surface area contributed by atoms with Crippen LogP contribution in [0.25, 0.3) is 0 Å². The van der Waals surface area contributed by atoms with Crippen LogP contribution in [0, 0.1) is 19.8 Å². The number of pyridine rings is 1. The van der Waals surface area contributed by atoms with Crippen molar-refractivity contribution in [1.82, 2.24) is 20.1 Å². The van der Waals surface area contributed by atoms with Crippen molar-refractivity contribution >= 4 is 17.5 Å². The minimum absolute atomic E-state index is 0.206. The van der Waals surface area contributed by atoms with Crippen LogP contribution < -0.4 is 10.6 Å². The molecule has 128 valence electrons. The van der Waals surface area contributed by atoms with Crippen molar-refractivity contribution in [2.75, 3.05) is 5.32 Å². The van der Waals surface area contributed by atoms with Crippen LogP contribution in [-0.4, -0.2) is 26.6 Å². The van der Waals surface area contributed by atoms with Crippen LogP contribution in [0.4, 0.5) is 5.69 Å². The Morgan fingerprint density at radius 3 is 2.58 bits per heavy atom. The number of rotatable bonds is 5. The van der Waals surface area contributed by atoms with Gasteiger partial charge in [-0.1, -0.05) is 19.9 Å². The van der Waals surface area contributed by atoms with Gasteiger partial charge in [0.2, 0.25) is 0 Å². The second-order valence-corrected chi connectivity index (χ2v) is 6.08. The topological polar surface area (TPSA) is 88.9 Å². The van der Waals surface area contributed by atoms with Gasteiger partial charge in [0.1, 0.15) is 0 Å². The minimum Gasteiger partial charge on any atom is -0.342 e. The number of aromatic nitrogens is 3. The molecule has 0 aliphatic rings. The molecule has 0 atom stereocenters. The average molecular weight is 329 g/mol. The molecule has 0 radical (unpaired) electrons. The van der Waals surface area contributed by atoms with Gasteiger partial charge in [-0.3, -0.25) is 19.3 Å². The van der Waals surface area contributed by atoms with E-state index in [-0.39, 0.29) is 6.54 Å². The first-order chi connectivity index (χ1) is 11.4. The lowest BCUT2D eigenvalue weighted by Crippen LogP contribution is -2.35. The summed E-state index contributed by atoms with van der Waals surface area (Å²) in [6.07, 6.45) is 1.64. The van der Waals surface area contributed by atoms with Crippen molar-refractivity contribution < 1.29 is 9.59 Å². The molecule has 0 spiro atoms. The van der Waals surface area contributed by atoms with Gasteiger partial charge in [0.15, 0.2) is 0 Å². The van der Waals surface area contributed by atoms with Crippen LogP contribution in [-0.2, 0) is 22.7 Å². The molecule has 0 fully saturated rings. The largest absolute Gasteiger partial charge is 0.342 e. The number of aryl methyl sites for hydroxylation is 1. The number of amides is 2. The minimum atomic E-state index is -0.707. The third-order valence-electron chi connectivity index (χ3n) is 3.52. The maximum Gasteiger partial charge on any atom is 0.313 e. The van der Waals surface area contributed by atoms with Crippen molar-refractivity contribution in [3.05, 3.63) is 41.5 Å². The van der Waals surface area contributed by atoms with E-state index in [1.54, 1.807) is 18.3 Å². The molecule has 2 amide bonds. The van der Waals surface area contributed by atoms with Crippen molar-refractivity contribution in [3.8, 4) is 0 Å². The maximum absolute atomic E-state index is 12.1. The molecule has 2 N–H and O–H groups in total. The molecule has 0 saturated heterocycles. The molecule has 0 aliphatic heterocycles. The van der Waals surface area contributed by atoms with Crippen molar-refractivity contribution in [2.45, 2.75) is 40.8 Å². The molecule has 7 heteroatoms. The third-order valence-corrected chi connectivity index (χ3v) is 3.52. The highest BCUT2D eigenvalue weighted by Gasteiger charge is 2.19. The summed E-state index contributed by atoms with van der Waals surface area (Å²) in [7, 11) is 0. The Morgan fingerprint density at radius 1 is 1.21 bits per heavy atom. The lowest BCUT2D eigenvalue weighted by molar-refractivity contribution is -0.136. The number of carbonyl (C=O) groups is 2. The summed E-state index contributed by atoms with van der Waals surface area (Å²) in [4.78, 5) is 28.1. The summed E-state index contributed by atoms with van der Waals surface area (Å²) in [5, 5.41) is 9.63. The van der Waals surface area contributed by atoms with Crippen LogP contribution in [0.1, 0.15) is 30.9 Å². The number of nitrogens with one attached hydrogen (secondary N) is 2. The van der Waals surface area contributed by atoms with Gasteiger partial charge >= 0.3 is 11.8 Å². The monoisotopic (exact) mass is 329 g/mol. The zero-order valence-electron chi connectivity index (χ0n) is 14.5. The molecule has 0 unspecified atom stereocenters. The summed E-state index contributed by atoms with van der Waals surface area (Å²) < 4.78 is 1.85. The fraction of sp³-hybridized carbons (Fsp3) is 0.412. The summed E-state index contributed by atoms with van der Waals surface area (Å²) in [6, 6.07) is 5.39. The predicted molar refractivity (Wildman–Crippen MR) is 91.3 cm³/mol. The number of anilines is 1. The fourth-order valence-electron chi connectivity index (χ4n) is 2.33. The lowest BCUT2D eigenvalue weighted by atomic mass is 10.2. The molecule has 0 bridgehead atoms. The van der Waals surface area contributed by atoms with Gasteiger partial charge in [-0.25, -0.2) is 0 Å². The zero-order valence-corrected chi connectivity index (χ0v) is 14.5. The summed E-state index contributed by atoms with van der Waals surface area (Å²) in [5.74, 6) is -0.967. The number of carbonyl (C=O) groups excluding carboxylic acids is 2. The van der Waals surface area contributed by atoms with Crippen LogP contribution in [0.2, 0.25) is 0 Å². The van der Waals surface area contributed by atoms with Crippen LogP contribution in [0.3, 0.4) is 0 Å². The fourth-order valence-corrected chi connectivity index (χ4v) is 2.33. The highest BCUT2D eigenvalue weighted by molar-refractivity contribution is 6.39. The van der Waals surface area contributed by atoms with E-state index in [2.05, 4.69) is 34.6 Å². The maximum atomic E-state index is 12.1. The Labute approximate surface area is 141 Å². The molecule has 24 heavy (non-hydrogen) atoms. The Bertz CT molecular complexity index is 722. The van der Waals surface area contributed by atoms with Gasteiger partial charge in [-0.2, -0.15) is 5.10 Å². The molecule has 2 aromatic rings. The van der Waals surface area contributed by atoms with Gasteiger partial charge in [0.05, 0.1) is 29.3 Å². The molecule has 0 aromatic carbocycles. The predicted octanol–water partition coefficient (Wildman–Crippen LogP) is 1.81. The number of nitrogens with zero attached hydrogens (tertiary/aromatic N) is 3. The first-order valence-electron chi connectivity index (χ1n) is 7.91. The molecule has 2 rings (SSSR count). The van der Waals surface area contributed by atoms with E-state index in [1.807, 2.05) is 24.6 Å². The average Bonchev–Trinajstić information content (AvgIpc) is 2.80. The van der Waals surface area contributed by atoms with Crippen molar-refractivity contribution in [3.63, 3.8) is 0 Å². The second-order valence-electron chi connectivity index (χ2n) is 6.08. The molecule has 2 heterocycles. The van der Waals surface area contributed by atoms with Crippen molar-refractivity contribution in [2.24, 2.45) is 5.92 Å². The van der Waals surface area contributed by atoms with E-state index in [0.717, 1.165) is 12.2 Å². The quantitative estimate of drug-likeness (QED) is 0.819. The third kappa shape index (κ3) is 4.41. The smallest absolute Gasteiger partial charge is 0.313 e. The lowest BCUT2D eigenvalue weighted by Gasteiger charge is -2.09. The summed E-state index contributed by atoms with van der Waals surface area (Å²) in [5.41, 5.74) is 2.82. The van der Waals surface area contributed by atoms with E-state index in [4.69, 9.17) is 0 Å². The second kappa shape index (κ2) is 7.72. The van der Waals surface area contributed by atoms with Gasteiger partial charge in [-0.15, -0.1) is 0 Å². The molecule has 0 saturated carbocycles. The summed E-state index contributed by atoms with van der Waals surface area (Å²) >= 11 is 0. The Balaban J connectivity index is 1.99. The van der Waals surface area contributed by atoms with E-state index in [1.165, 1.54) is 0 Å². The van der Waals surface area contributed by atoms with E-state index in [9.17, 15) is 9.59 Å². The van der Waals surface area contributed by atoms with Crippen molar-refractivity contribution in [1.29, 1.82) is 0 Å². The number of hydrogen-bond acceptors (Lipinski definition) is 4. The Kier molecular flexibility index (Phi) is 5.68. The van der Waals surface area contributed by atoms with Crippen LogP contribution in [0.15, 0.2) is 24.4 Å². The van der Waals surface area contributed by atoms with Crippen LogP contribution in [0.5, 0.6) is 0 Å². The van der Waals surface area contributed by atoms with Crippen LogP contribution >= 0.6 is 0 Å². The first kappa shape index (κ1) is 17.7. The van der Waals surface area contributed by atoms with Gasteiger partial charge < -0.3 is 10.6 Å². The molecular formula is C17H23N5O2. The Hall–Kier alpha value is -2.70. The first-order valence-corrected chi connectivity index (χ1v) is 7.91. The normalized spacial score (nSPS) is 10.7. The molecule has 7 nitrogen and oxygen atoms in total. The van der Waals surface area contributed by atoms with Gasteiger partial charge in [0.25, 0.3) is 0 Å². The van der Waals surface area contributed by atoms with E-state index >= 15 is 0 Å². The van der Waals surface area contributed by atoms with E-state index in [0.29, 0.717) is 23.0 Å². The SMILES string of the molecule is Cc1nn(CC(C)C)c(C)c1NC(=O)C(=O)NCc1ccccn1. The van der Waals surface area contributed by atoms with E-state index < -0.39 is 11.8 Å². The summed E-state index contributed by atoms with van der Waals surface area (Å²) in [6.45, 7) is 8.85. The zero-order chi connectivity index (χ0) is 17.7. The standard InChI is InChI=1S/C17H23N5O2/c1-11(2)10-22-13(4)15(12(3)21-22)20-17(24)16(23)19-9-14-7-5-6-8-18-14/h5-8,11H,9-10H2,1-4H3,(H,19,23)(H,20,24). The molecular weight excluding hydrogens is 306 g/mol. The number of hydrogen-bond donors (Lipinski definition) is 2. The highest BCUT2D eigenvalue weighted by Crippen LogP contribution is 2.20. The van der Waals surface area contributed by atoms with Gasteiger partial charge in [0, 0.05) is 12.7 Å². The molecule has 2 aromatic heterocycles. The van der Waals surface area contributed by atoms with Gasteiger partial charge in [-0.05, 0) is 31.9 Å². The highest BCUT2D eigenvalue weighted by atomic mass is 16.2. The Morgan fingerprint density at radius 2 is 1.96 bits per heavy atom. The molecule has 0 aliphatic carbocycles.